The lowest BCUT2D eigenvalue weighted by Crippen LogP contribution is -2.02. The molecular formula is C12H12ClN3O2. The van der Waals surface area contributed by atoms with Gasteiger partial charge in [0.25, 0.3) is 0 Å². The van der Waals surface area contributed by atoms with Crippen molar-refractivity contribution in [3.63, 3.8) is 0 Å². The van der Waals surface area contributed by atoms with E-state index in [1.807, 2.05) is 12.1 Å². The Labute approximate surface area is 110 Å². The van der Waals surface area contributed by atoms with Crippen LogP contribution in [0.2, 0.25) is 5.02 Å². The Bertz CT molecular complexity index is 531. The van der Waals surface area contributed by atoms with E-state index in [9.17, 15) is 0 Å². The molecule has 0 bridgehead atoms. The fourth-order valence-corrected chi connectivity index (χ4v) is 1.46. The lowest BCUT2D eigenvalue weighted by Gasteiger charge is -2.07. The minimum atomic E-state index is 0.112. The maximum atomic E-state index is 5.79. The predicted molar refractivity (Wildman–Crippen MR) is 68.8 cm³/mol. The molecule has 1 heterocycles. The summed E-state index contributed by atoms with van der Waals surface area (Å²) in [6.45, 7) is 0.372. The molecule has 0 spiro atoms. The zero-order valence-corrected chi connectivity index (χ0v) is 10.5. The van der Waals surface area contributed by atoms with Crippen LogP contribution in [0.5, 0.6) is 11.8 Å². The molecule has 1 aromatic heterocycles. The van der Waals surface area contributed by atoms with E-state index in [0.717, 1.165) is 5.56 Å². The van der Waals surface area contributed by atoms with Gasteiger partial charge >= 0.3 is 0 Å². The number of halogens is 1. The predicted octanol–water partition coefficient (Wildman–Crippen LogP) is 2.30. The smallest absolute Gasteiger partial charge is 0.226 e. The molecule has 5 nitrogen and oxygen atoms in total. The van der Waals surface area contributed by atoms with Gasteiger partial charge in [0.1, 0.15) is 6.61 Å². The first-order valence-corrected chi connectivity index (χ1v) is 5.61. The minimum Gasteiger partial charge on any atom is -0.481 e. The normalized spacial score (nSPS) is 10.1. The van der Waals surface area contributed by atoms with Crippen LogP contribution in [0.1, 0.15) is 5.56 Å². The molecule has 0 radical (unpaired) electrons. The lowest BCUT2D eigenvalue weighted by molar-refractivity contribution is 0.290. The van der Waals surface area contributed by atoms with E-state index in [1.54, 1.807) is 18.2 Å². The molecule has 0 saturated heterocycles. The first kappa shape index (κ1) is 12.4. The van der Waals surface area contributed by atoms with E-state index >= 15 is 0 Å². The van der Waals surface area contributed by atoms with Crippen molar-refractivity contribution in [3.05, 3.63) is 40.9 Å². The highest BCUT2D eigenvalue weighted by molar-refractivity contribution is 6.30. The summed E-state index contributed by atoms with van der Waals surface area (Å²) in [6, 6.07) is 8.94. The summed E-state index contributed by atoms with van der Waals surface area (Å²) in [5.41, 5.74) is 6.51. The van der Waals surface area contributed by atoms with Crippen molar-refractivity contribution >= 4 is 17.5 Å². The van der Waals surface area contributed by atoms with Gasteiger partial charge in [-0.25, -0.2) is 0 Å². The average Bonchev–Trinajstić information content (AvgIpc) is 2.37. The summed E-state index contributed by atoms with van der Waals surface area (Å²) in [7, 11) is 1.50. The zero-order chi connectivity index (χ0) is 13.0. The molecule has 6 heteroatoms. The second-order valence-electron chi connectivity index (χ2n) is 3.52. The molecule has 0 saturated carbocycles. The quantitative estimate of drug-likeness (QED) is 0.918. The number of nitrogen functional groups attached to an aromatic ring is 1. The van der Waals surface area contributed by atoms with Crippen LogP contribution in [0.4, 0.5) is 5.95 Å². The van der Waals surface area contributed by atoms with E-state index < -0.39 is 0 Å². The molecule has 0 aliphatic rings. The van der Waals surface area contributed by atoms with Crippen LogP contribution in [0.25, 0.3) is 0 Å². The highest BCUT2D eigenvalue weighted by atomic mass is 35.5. The molecule has 0 atom stereocenters. The maximum absolute atomic E-state index is 5.79. The number of hydrogen-bond acceptors (Lipinski definition) is 5. The molecule has 0 aliphatic heterocycles. The number of nitrogens with two attached hydrogens (primary N) is 1. The van der Waals surface area contributed by atoms with Crippen molar-refractivity contribution < 1.29 is 9.47 Å². The average molecular weight is 266 g/mol. The van der Waals surface area contributed by atoms with Crippen LogP contribution in [-0.4, -0.2) is 17.1 Å². The number of nitrogens with zero attached hydrogens (tertiary/aromatic N) is 2. The van der Waals surface area contributed by atoms with Gasteiger partial charge in [-0.05, 0) is 17.7 Å². The molecule has 2 rings (SSSR count). The Balaban J connectivity index is 2.05. The SMILES string of the molecule is COc1cc(OCc2ccc(Cl)cc2)nc(N)n1. The minimum absolute atomic E-state index is 0.112. The Kier molecular flexibility index (Phi) is 3.84. The first-order valence-electron chi connectivity index (χ1n) is 5.23. The molecule has 94 valence electrons. The van der Waals surface area contributed by atoms with E-state index in [4.69, 9.17) is 26.8 Å². The summed E-state index contributed by atoms with van der Waals surface area (Å²) in [5, 5.41) is 0.687. The van der Waals surface area contributed by atoms with Gasteiger partial charge in [-0.2, -0.15) is 9.97 Å². The number of ether oxygens (including phenoxy) is 2. The van der Waals surface area contributed by atoms with Crippen LogP contribution >= 0.6 is 11.6 Å². The molecule has 2 aromatic rings. The fourth-order valence-electron chi connectivity index (χ4n) is 1.34. The summed E-state index contributed by atoms with van der Waals surface area (Å²) in [5.74, 6) is 0.850. The third kappa shape index (κ3) is 3.24. The second-order valence-corrected chi connectivity index (χ2v) is 3.96. The fraction of sp³-hybridized carbons (Fsp3) is 0.167. The first-order chi connectivity index (χ1) is 8.67. The topological polar surface area (TPSA) is 70.3 Å². The number of aromatic nitrogens is 2. The Morgan fingerprint density at radius 1 is 1.17 bits per heavy atom. The molecule has 0 unspecified atom stereocenters. The number of rotatable bonds is 4. The van der Waals surface area contributed by atoms with Gasteiger partial charge in [0, 0.05) is 5.02 Å². The van der Waals surface area contributed by atoms with Gasteiger partial charge < -0.3 is 15.2 Å². The Morgan fingerprint density at radius 3 is 2.50 bits per heavy atom. The van der Waals surface area contributed by atoms with Crippen LogP contribution in [0, 0.1) is 0 Å². The van der Waals surface area contributed by atoms with Gasteiger partial charge in [-0.1, -0.05) is 23.7 Å². The standard InChI is InChI=1S/C12H12ClN3O2/c1-17-10-6-11(16-12(14)15-10)18-7-8-2-4-9(13)5-3-8/h2-6H,7H2,1H3,(H2,14,15,16). The van der Waals surface area contributed by atoms with Gasteiger partial charge in [0.05, 0.1) is 13.2 Å². The van der Waals surface area contributed by atoms with E-state index in [-0.39, 0.29) is 5.95 Å². The number of hydrogen-bond donors (Lipinski definition) is 1. The van der Waals surface area contributed by atoms with Crippen molar-refractivity contribution in [1.82, 2.24) is 9.97 Å². The highest BCUT2D eigenvalue weighted by Crippen LogP contribution is 2.18. The van der Waals surface area contributed by atoms with Crippen LogP contribution < -0.4 is 15.2 Å². The van der Waals surface area contributed by atoms with Gasteiger partial charge in [-0.15, -0.1) is 0 Å². The molecule has 0 amide bonds. The Morgan fingerprint density at radius 2 is 1.83 bits per heavy atom. The third-order valence-corrected chi connectivity index (χ3v) is 2.46. The van der Waals surface area contributed by atoms with Crippen molar-refractivity contribution in [3.8, 4) is 11.8 Å². The number of anilines is 1. The third-order valence-electron chi connectivity index (χ3n) is 2.21. The number of methoxy groups -OCH3 is 1. The van der Waals surface area contributed by atoms with Crippen LogP contribution in [-0.2, 0) is 6.61 Å². The summed E-state index contributed by atoms with van der Waals surface area (Å²) in [6.07, 6.45) is 0. The maximum Gasteiger partial charge on any atom is 0.226 e. The molecule has 18 heavy (non-hydrogen) atoms. The lowest BCUT2D eigenvalue weighted by atomic mass is 10.2. The van der Waals surface area contributed by atoms with Crippen molar-refractivity contribution in [2.45, 2.75) is 6.61 Å². The van der Waals surface area contributed by atoms with Gasteiger partial charge in [0.15, 0.2) is 0 Å². The van der Waals surface area contributed by atoms with Crippen molar-refractivity contribution in [1.29, 1.82) is 0 Å². The largest absolute Gasteiger partial charge is 0.481 e. The zero-order valence-electron chi connectivity index (χ0n) is 9.76. The van der Waals surface area contributed by atoms with Crippen molar-refractivity contribution in [2.24, 2.45) is 0 Å². The Hall–Kier alpha value is -2.01. The monoisotopic (exact) mass is 265 g/mol. The van der Waals surface area contributed by atoms with Gasteiger partial charge in [0.2, 0.25) is 17.7 Å². The van der Waals surface area contributed by atoms with E-state index in [0.29, 0.717) is 23.4 Å². The van der Waals surface area contributed by atoms with Crippen molar-refractivity contribution in [2.75, 3.05) is 12.8 Å². The molecule has 0 fully saturated rings. The van der Waals surface area contributed by atoms with Crippen LogP contribution in [0.15, 0.2) is 30.3 Å². The van der Waals surface area contributed by atoms with Gasteiger partial charge in [-0.3, -0.25) is 0 Å². The van der Waals surface area contributed by atoms with Crippen LogP contribution in [0.3, 0.4) is 0 Å². The highest BCUT2D eigenvalue weighted by Gasteiger charge is 2.03. The number of benzene rings is 1. The molecular weight excluding hydrogens is 254 g/mol. The van der Waals surface area contributed by atoms with E-state index in [2.05, 4.69) is 9.97 Å². The molecule has 0 aliphatic carbocycles. The van der Waals surface area contributed by atoms with E-state index in [1.165, 1.54) is 7.11 Å². The second kappa shape index (κ2) is 5.55. The summed E-state index contributed by atoms with van der Waals surface area (Å²) < 4.78 is 10.5. The molecule has 2 N–H and O–H groups in total. The summed E-state index contributed by atoms with van der Waals surface area (Å²) >= 11 is 5.79. The molecule has 1 aromatic carbocycles. The summed E-state index contributed by atoms with van der Waals surface area (Å²) in [4.78, 5) is 7.82.